The fourth-order valence-corrected chi connectivity index (χ4v) is 4.14. The Labute approximate surface area is 136 Å². The van der Waals surface area contributed by atoms with Gasteiger partial charge in [0.1, 0.15) is 0 Å². The first-order valence-corrected chi connectivity index (χ1v) is 8.15. The van der Waals surface area contributed by atoms with E-state index in [4.69, 9.17) is 5.73 Å². The molecule has 0 aromatic carbocycles. The summed E-state index contributed by atoms with van der Waals surface area (Å²) in [5.41, 5.74) is 6.18. The molecule has 0 atom stereocenters. The van der Waals surface area contributed by atoms with Gasteiger partial charge in [-0.25, -0.2) is 0 Å². The minimum Gasteiger partial charge on any atom is -0.368 e. The molecule has 1 aromatic rings. The summed E-state index contributed by atoms with van der Waals surface area (Å²) in [7, 11) is 1.98. The highest BCUT2D eigenvalue weighted by Gasteiger charge is 2.49. The zero-order chi connectivity index (χ0) is 16.5. The Balaban J connectivity index is 1.73. The molecule has 2 fully saturated rings. The minimum absolute atomic E-state index is 0.0122. The van der Waals surface area contributed by atoms with Crippen LogP contribution in [-0.4, -0.2) is 41.8 Å². The Hall–Kier alpha value is -1.95. The van der Waals surface area contributed by atoms with Gasteiger partial charge in [0.05, 0.1) is 17.8 Å². The molecule has 124 valence electrons. The van der Waals surface area contributed by atoms with Crippen LogP contribution in [0, 0.1) is 5.41 Å². The maximum atomic E-state index is 12.2. The van der Waals surface area contributed by atoms with Gasteiger partial charge < -0.3 is 16.0 Å². The molecule has 23 heavy (non-hydrogen) atoms. The fourth-order valence-electron chi connectivity index (χ4n) is 4.14. The number of likely N-dealkylation sites (tertiary alicyclic amines) is 1. The van der Waals surface area contributed by atoms with E-state index in [-0.39, 0.29) is 23.4 Å². The average Bonchev–Trinajstić information content (AvgIpc) is 2.84. The van der Waals surface area contributed by atoms with Crippen molar-refractivity contribution in [3.8, 4) is 0 Å². The molecule has 2 amide bonds. The Morgan fingerprint density at radius 1 is 1.35 bits per heavy atom. The number of amides is 2. The van der Waals surface area contributed by atoms with Crippen LogP contribution >= 0.6 is 0 Å². The van der Waals surface area contributed by atoms with E-state index >= 15 is 0 Å². The molecule has 3 N–H and O–H groups in total. The molecule has 6 nitrogen and oxygen atoms in total. The van der Waals surface area contributed by atoms with E-state index in [0.29, 0.717) is 13.0 Å². The van der Waals surface area contributed by atoms with Gasteiger partial charge in [-0.05, 0) is 50.3 Å². The van der Waals surface area contributed by atoms with Crippen molar-refractivity contribution in [1.82, 2.24) is 15.2 Å². The average molecular weight is 316 g/mol. The van der Waals surface area contributed by atoms with Gasteiger partial charge in [0.2, 0.25) is 11.8 Å². The predicted molar refractivity (Wildman–Crippen MR) is 86.3 cm³/mol. The third-order valence-electron chi connectivity index (χ3n) is 5.55. The van der Waals surface area contributed by atoms with E-state index in [1.54, 1.807) is 4.90 Å². The molecule has 3 rings (SSSR count). The lowest BCUT2D eigenvalue weighted by atomic mass is 9.66. The van der Waals surface area contributed by atoms with Crippen LogP contribution in [0.25, 0.3) is 0 Å². The number of carbonyl (C=O) groups is 2. The molecule has 2 aliphatic rings. The number of rotatable bonds is 4. The number of primary amides is 1. The lowest BCUT2D eigenvalue weighted by molar-refractivity contribution is -0.132. The molecular weight excluding hydrogens is 292 g/mol. The molecule has 0 radical (unpaired) electrons. The van der Waals surface area contributed by atoms with Gasteiger partial charge in [-0.3, -0.25) is 14.6 Å². The van der Waals surface area contributed by atoms with Gasteiger partial charge in [0, 0.05) is 19.2 Å². The smallest absolute Gasteiger partial charge is 0.237 e. The van der Waals surface area contributed by atoms with E-state index in [9.17, 15) is 9.59 Å². The summed E-state index contributed by atoms with van der Waals surface area (Å²) in [5, 5.41) is 3.46. The van der Waals surface area contributed by atoms with Crippen molar-refractivity contribution in [1.29, 1.82) is 0 Å². The highest BCUT2D eigenvalue weighted by atomic mass is 16.2. The van der Waals surface area contributed by atoms with Gasteiger partial charge in [0.15, 0.2) is 0 Å². The number of nitrogens with zero attached hydrogens (tertiary/aromatic N) is 2. The second-order valence-corrected chi connectivity index (χ2v) is 6.94. The van der Waals surface area contributed by atoms with Crippen LogP contribution < -0.4 is 11.1 Å². The summed E-state index contributed by atoms with van der Waals surface area (Å²) in [6.07, 6.45) is 6.14. The monoisotopic (exact) mass is 316 g/mol. The lowest BCUT2D eigenvalue weighted by Crippen LogP contribution is -2.47. The Morgan fingerprint density at radius 2 is 2.09 bits per heavy atom. The van der Waals surface area contributed by atoms with E-state index < -0.39 is 5.91 Å². The molecule has 1 spiro atoms. The van der Waals surface area contributed by atoms with Crippen molar-refractivity contribution in [3.05, 3.63) is 30.1 Å². The van der Waals surface area contributed by atoms with Gasteiger partial charge in [-0.15, -0.1) is 0 Å². The normalized spacial score (nSPS) is 30.8. The third kappa shape index (κ3) is 2.95. The van der Waals surface area contributed by atoms with Crippen LogP contribution in [0.15, 0.2) is 24.4 Å². The number of nitrogens with two attached hydrogens (primary N) is 1. The topological polar surface area (TPSA) is 88.3 Å². The van der Waals surface area contributed by atoms with Crippen LogP contribution in [-0.2, 0) is 15.1 Å². The zero-order valence-electron chi connectivity index (χ0n) is 13.5. The van der Waals surface area contributed by atoms with Crippen LogP contribution in [0.1, 0.15) is 37.8 Å². The third-order valence-corrected chi connectivity index (χ3v) is 5.55. The zero-order valence-corrected chi connectivity index (χ0v) is 13.5. The molecule has 1 saturated heterocycles. The summed E-state index contributed by atoms with van der Waals surface area (Å²) < 4.78 is 0. The lowest BCUT2D eigenvalue weighted by Gasteiger charge is -2.44. The summed E-state index contributed by atoms with van der Waals surface area (Å²) in [5.74, 6) is -0.386. The first kappa shape index (κ1) is 15.9. The largest absolute Gasteiger partial charge is 0.368 e. The fraction of sp³-hybridized carbons (Fsp3) is 0.588. The molecule has 6 heteroatoms. The highest BCUT2D eigenvalue weighted by Crippen LogP contribution is 2.49. The number of hydrogen-bond donors (Lipinski definition) is 2. The quantitative estimate of drug-likeness (QED) is 0.859. The van der Waals surface area contributed by atoms with Crippen molar-refractivity contribution >= 4 is 11.8 Å². The first-order valence-electron chi connectivity index (χ1n) is 8.15. The van der Waals surface area contributed by atoms with Crippen molar-refractivity contribution in [2.45, 2.75) is 37.6 Å². The molecule has 0 unspecified atom stereocenters. The molecule has 0 bridgehead atoms. The van der Waals surface area contributed by atoms with Crippen molar-refractivity contribution in [3.63, 3.8) is 0 Å². The Bertz CT molecular complexity index is 594. The van der Waals surface area contributed by atoms with Crippen LogP contribution in [0.3, 0.4) is 0 Å². The maximum absolute atomic E-state index is 12.2. The van der Waals surface area contributed by atoms with Gasteiger partial charge in [-0.1, -0.05) is 6.07 Å². The van der Waals surface area contributed by atoms with Crippen LogP contribution in [0.5, 0.6) is 0 Å². The molecule has 1 aliphatic heterocycles. The Morgan fingerprint density at radius 3 is 2.65 bits per heavy atom. The number of carbonyl (C=O) groups excluding carboxylic acids is 2. The second kappa shape index (κ2) is 5.92. The molecule has 2 heterocycles. The molecule has 1 aliphatic carbocycles. The van der Waals surface area contributed by atoms with Gasteiger partial charge in [0.25, 0.3) is 0 Å². The van der Waals surface area contributed by atoms with E-state index in [0.717, 1.165) is 31.4 Å². The SMILES string of the molecule is CN[C@]1(c2ccccn2)CC[C@@]2(CC1)CC(=O)N(CC(N)=O)C2. The summed E-state index contributed by atoms with van der Waals surface area (Å²) in [6, 6.07) is 6.00. The summed E-state index contributed by atoms with van der Waals surface area (Å²) in [6.45, 7) is 0.689. The van der Waals surface area contributed by atoms with Gasteiger partial charge >= 0.3 is 0 Å². The molecule has 1 saturated carbocycles. The van der Waals surface area contributed by atoms with Crippen molar-refractivity contribution < 1.29 is 9.59 Å². The summed E-state index contributed by atoms with van der Waals surface area (Å²) >= 11 is 0. The molecular formula is C17H24N4O2. The van der Waals surface area contributed by atoms with Crippen LogP contribution in [0.2, 0.25) is 0 Å². The van der Waals surface area contributed by atoms with E-state index in [1.807, 2.05) is 25.4 Å². The number of hydrogen-bond acceptors (Lipinski definition) is 4. The number of nitrogens with one attached hydrogen (secondary N) is 1. The number of pyridine rings is 1. The Kier molecular flexibility index (Phi) is 4.10. The summed E-state index contributed by atoms with van der Waals surface area (Å²) in [4.78, 5) is 29.4. The van der Waals surface area contributed by atoms with Crippen LogP contribution in [0.4, 0.5) is 0 Å². The van der Waals surface area contributed by atoms with E-state index in [1.165, 1.54) is 0 Å². The van der Waals surface area contributed by atoms with Crippen molar-refractivity contribution in [2.75, 3.05) is 20.1 Å². The predicted octanol–water partition coefficient (Wildman–Crippen LogP) is 0.774. The molecule has 1 aromatic heterocycles. The number of aromatic nitrogens is 1. The second-order valence-electron chi connectivity index (χ2n) is 6.94. The van der Waals surface area contributed by atoms with Crippen molar-refractivity contribution in [2.24, 2.45) is 11.1 Å². The van der Waals surface area contributed by atoms with Gasteiger partial charge in [-0.2, -0.15) is 0 Å². The minimum atomic E-state index is -0.440. The first-order chi connectivity index (χ1) is 11.0. The highest BCUT2D eigenvalue weighted by molar-refractivity contribution is 5.85. The maximum Gasteiger partial charge on any atom is 0.237 e. The standard InChI is InChI=1S/C17H24N4O2/c1-19-17(13-4-2-3-9-20-13)7-5-16(6-8-17)10-15(23)21(12-16)11-14(18)22/h2-4,9,19H,5-8,10-12H2,1H3,(H2,18,22)/t16-,17-. The van der Waals surface area contributed by atoms with E-state index in [2.05, 4.69) is 16.4 Å².